The molecule has 168 valence electrons. The first-order valence-electron chi connectivity index (χ1n) is 10.4. The molecular formula is C25H28N2O4S. The number of hydrogen-bond donors (Lipinski definition) is 1. The Hall–Kier alpha value is -3.32. The summed E-state index contributed by atoms with van der Waals surface area (Å²) in [5.41, 5.74) is 3.43. The Labute approximate surface area is 189 Å². The fourth-order valence-corrected chi connectivity index (χ4v) is 4.41. The van der Waals surface area contributed by atoms with Gasteiger partial charge >= 0.3 is 0 Å². The summed E-state index contributed by atoms with van der Waals surface area (Å²) < 4.78 is 32.0. The number of amides is 1. The van der Waals surface area contributed by atoms with Crippen LogP contribution in [0.2, 0.25) is 0 Å². The first-order valence-corrected chi connectivity index (χ1v) is 11.8. The highest BCUT2D eigenvalue weighted by atomic mass is 32.2. The number of nitrogens with one attached hydrogen (secondary N) is 1. The van der Waals surface area contributed by atoms with E-state index < -0.39 is 10.0 Å². The van der Waals surface area contributed by atoms with E-state index in [0.717, 1.165) is 12.8 Å². The molecule has 0 saturated heterocycles. The van der Waals surface area contributed by atoms with Crippen LogP contribution in [0.3, 0.4) is 0 Å². The highest BCUT2D eigenvalue weighted by Crippen LogP contribution is 2.24. The minimum atomic E-state index is -3.72. The van der Waals surface area contributed by atoms with Crippen molar-refractivity contribution in [3.05, 3.63) is 89.5 Å². The summed E-state index contributed by atoms with van der Waals surface area (Å²) in [7, 11) is -0.709. The van der Waals surface area contributed by atoms with E-state index in [1.54, 1.807) is 36.4 Å². The van der Waals surface area contributed by atoms with Crippen LogP contribution >= 0.6 is 0 Å². The maximum absolute atomic E-state index is 12.9. The summed E-state index contributed by atoms with van der Waals surface area (Å²) >= 11 is 0. The number of carbonyl (C=O) groups excluding carboxylic acids is 1. The molecule has 1 N–H and O–H groups in total. The Bertz CT molecular complexity index is 1140. The van der Waals surface area contributed by atoms with Gasteiger partial charge in [-0.25, -0.2) is 8.42 Å². The molecule has 0 fully saturated rings. The highest BCUT2D eigenvalue weighted by Gasteiger charge is 2.21. The predicted molar refractivity (Wildman–Crippen MR) is 127 cm³/mol. The van der Waals surface area contributed by atoms with Crippen molar-refractivity contribution in [2.24, 2.45) is 0 Å². The van der Waals surface area contributed by atoms with Gasteiger partial charge in [-0.2, -0.15) is 0 Å². The largest absolute Gasteiger partial charge is 0.497 e. The summed E-state index contributed by atoms with van der Waals surface area (Å²) in [5, 5.41) is 2.91. The Balaban J connectivity index is 1.57. The van der Waals surface area contributed by atoms with Crippen molar-refractivity contribution in [2.45, 2.75) is 24.7 Å². The van der Waals surface area contributed by atoms with E-state index in [1.165, 1.54) is 41.7 Å². The number of anilines is 1. The van der Waals surface area contributed by atoms with Crippen molar-refractivity contribution in [1.29, 1.82) is 0 Å². The van der Waals surface area contributed by atoms with Gasteiger partial charge in [0.05, 0.1) is 17.7 Å². The molecular weight excluding hydrogens is 424 g/mol. The van der Waals surface area contributed by atoms with Crippen molar-refractivity contribution < 1.29 is 17.9 Å². The molecule has 0 aliphatic rings. The maximum atomic E-state index is 12.9. The van der Waals surface area contributed by atoms with Crippen LogP contribution in [0.5, 0.6) is 5.75 Å². The van der Waals surface area contributed by atoms with Crippen molar-refractivity contribution in [1.82, 2.24) is 5.32 Å². The van der Waals surface area contributed by atoms with Gasteiger partial charge in [0.15, 0.2) is 0 Å². The van der Waals surface area contributed by atoms with Gasteiger partial charge < -0.3 is 10.1 Å². The average molecular weight is 453 g/mol. The fraction of sp³-hybridized carbons (Fsp3) is 0.240. The zero-order chi connectivity index (χ0) is 23.1. The zero-order valence-electron chi connectivity index (χ0n) is 18.5. The zero-order valence-corrected chi connectivity index (χ0v) is 19.4. The lowest BCUT2D eigenvalue weighted by atomic mass is 10.1. The minimum Gasteiger partial charge on any atom is -0.497 e. The number of carbonyl (C=O) groups is 1. The first kappa shape index (κ1) is 23.3. The summed E-state index contributed by atoms with van der Waals surface area (Å²) in [6.07, 6.45) is 1.74. The van der Waals surface area contributed by atoms with Gasteiger partial charge in [-0.1, -0.05) is 29.8 Å². The first-order chi connectivity index (χ1) is 15.3. The van der Waals surface area contributed by atoms with Crippen LogP contribution in [0.4, 0.5) is 5.69 Å². The number of benzene rings is 3. The molecule has 0 bridgehead atoms. The monoisotopic (exact) mass is 452 g/mol. The molecule has 3 aromatic carbocycles. The van der Waals surface area contributed by atoms with E-state index >= 15 is 0 Å². The second-order valence-electron chi connectivity index (χ2n) is 7.54. The van der Waals surface area contributed by atoms with Gasteiger partial charge in [-0.15, -0.1) is 0 Å². The van der Waals surface area contributed by atoms with Crippen molar-refractivity contribution in [3.63, 3.8) is 0 Å². The number of ether oxygens (including phenoxy) is 1. The van der Waals surface area contributed by atoms with Crippen LogP contribution in [0.1, 0.15) is 27.9 Å². The lowest BCUT2D eigenvalue weighted by Gasteiger charge is -2.20. The molecule has 3 rings (SSSR count). The van der Waals surface area contributed by atoms with Crippen molar-refractivity contribution in [3.8, 4) is 5.75 Å². The summed E-state index contributed by atoms with van der Waals surface area (Å²) in [6.45, 7) is 2.63. The molecule has 0 aliphatic heterocycles. The van der Waals surface area contributed by atoms with Gasteiger partial charge in [-0.3, -0.25) is 9.10 Å². The molecule has 0 radical (unpaired) electrons. The predicted octanol–water partition coefficient (Wildman–Crippen LogP) is 4.19. The molecule has 3 aromatic rings. The third-order valence-electron chi connectivity index (χ3n) is 5.26. The molecule has 0 unspecified atom stereocenters. The lowest BCUT2D eigenvalue weighted by molar-refractivity contribution is 0.0953. The third-order valence-corrected chi connectivity index (χ3v) is 7.06. The van der Waals surface area contributed by atoms with Gasteiger partial charge in [0.1, 0.15) is 5.75 Å². The number of aryl methyl sites for hydroxylation is 2. The number of rotatable bonds is 9. The van der Waals surface area contributed by atoms with Crippen LogP contribution in [-0.4, -0.2) is 35.0 Å². The Morgan fingerprint density at radius 2 is 1.56 bits per heavy atom. The van der Waals surface area contributed by atoms with Crippen LogP contribution in [0, 0.1) is 6.92 Å². The van der Waals surface area contributed by atoms with Crippen LogP contribution in [0.25, 0.3) is 0 Å². The maximum Gasteiger partial charge on any atom is 0.264 e. The normalized spacial score (nSPS) is 11.1. The molecule has 0 heterocycles. The van der Waals surface area contributed by atoms with E-state index in [0.29, 0.717) is 23.5 Å². The quantitative estimate of drug-likeness (QED) is 0.494. The second-order valence-corrected chi connectivity index (χ2v) is 9.51. The third kappa shape index (κ3) is 5.68. The van der Waals surface area contributed by atoms with Gasteiger partial charge in [0.25, 0.3) is 15.9 Å². The smallest absolute Gasteiger partial charge is 0.264 e. The van der Waals surface area contributed by atoms with Crippen LogP contribution < -0.4 is 14.4 Å². The Morgan fingerprint density at radius 1 is 0.938 bits per heavy atom. The molecule has 6 nitrogen and oxygen atoms in total. The summed E-state index contributed by atoms with van der Waals surface area (Å²) in [6, 6.07) is 21.1. The highest BCUT2D eigenvalue weighted by molar-refractivity contribution is 7.92. The standard InChI is InChI=1S/C25H28N2O4S/c1-19-6-8-20(9-7-19)5-4-18-26-25(28)21-10-12-22(13-11-21)27(2)32(29,30)24-16-14-23(31-3)15-17-24/h6-17H,4-5,18H2,1-3H3,(H,26,28). The number of sulfonamides is 1. The van der Waals surface area contributed by atoms with Crippen molar-refractivity contribution >= 4 is 21.6 Å². The van der Waals surface area contributed by atoms with Crippen LogP contribution in [-0.2, 0) is 16.4 Å². The van der Waals surface area contributed by atoms with Gasteiger partial charge in [-0.05, 0) is 73.9 Å². The molecule has 32 heavy (non-hydrogen) atoms. The van der Waals surface area contributed by atoms with Gasteiger partial charge in [0, 0.05) is 19.2 Å². The molecule has 0 aliphatic carbocycles. The number of methoxy groups -OCH3 is 1. The van der Waals surface area contributed by atoms with Crippen molar-refractivity contribution in [2.75, 3.05) is 25.0 Å². The van der Waals surface area contributed by atoms with E-state index in [4.69, 9.17) is 4.74 Å². The summed E-state index contributed by atoms with van der Waals surface area (Å²) in [5.74, 6) is 0.405. The minimum absolute atomic E-state index is 0.163. The van der Waals surface area contributed by atoms with Crippen LogP contribution in [0.15, 0.2) is 77.7 Å². The van der Waals surface area contributed by atoms with E-state index in [9.17, 15) is 13.2 Å². The Morgan fingerprint density at radius 3 is 2.16 bits per heavy atom. The second kappa shape index (κ2) is 10.3. The molecule has 0 aromatic heterocycles. The van der Waals surface area contributed by atoms with Gasteiger partial charge in [0.2, 0.25) is 0 Å². The lowest BCUT2D eigenvalue weighted by Crippen LogP contribution is -2.27. The Kier molecular flexibility index (Phi) is 7.53. The molecule has 0 atom stereocenters. The van der Waals surface area contributed by atoms with E-state index in [-0.39, 0.29) is 10.8 Å². The summed E-state index contributed by atoms with van der Waals surface area (Å²) in [4.78, 5) is 12.6. The van der Waals surface area contributed by atoms with E-state index in [2.05, 4.69) is 36.5 Å². The number of hydrogen-bond acceptors (Lipinski definition) is 4. The molecule has 7 heteroatoms. The fourth-order valence-electron chi connectivity index (χ4n) is 3.22. The molecule has 0 saturated carbocycles. The molecule has 0 spiro atoms. The molecule has 1 amide bonds. The number of nitrogens with zero attached hydrogens (tertiary/aromatic N) is 1. The topological polar surface area (TPSA) is 75.7 Å². The SMILES string of the molecule is COc1ccc(S(=O)(=O)N(C)c2ccc(C(=O)NCCCc3ccc(C)cc3)cc2)cc1. The van der Waals surface area contributed by atoms with E-state index in [1.807, 2.05) is 0 Å². The average Bonchev–Trinajstić information content (AvgIpc) is 2.82.